The summed E-state index contributed by atoms with van der Waals surface area (Å²) >= 11 is 1.62. The third-order valence-electron chi connectivity index (χ3n) is 4.09. The zero-order chi connectivity index (χ0) is 19.1. The fraction of sp³-hybridized carbons (Fsp3) is 0.471. The van der Waals surface area contributed by atoms with E-state index in [2.05, 4.69) is 21.2 Å². The number of aliphatic imine (C=N–C) groups is 1. The fourth-order valence-corrected chi connectivity index (χ4v) is 3.51. The predicted molar refractivity (Wildman–Crippen MR) is 97.7 cm³/mol. The van der Waals surface area contributed by atoms with Gasteiger partial charge in [-0.05, 0) is 24.7 Å². The van der Waals surface area contributed by atoms with Crippen molar-refractivity contribution in [3.8, 4) is 0 Å². The molecule has 2 heterocycles. The third kappa shape index (κ3) is 3.72. The SMILES string of the molecule is C=C1/C=C(C(F)(F)F)\C=N/N(C)/C(c2nc(C3CC3)n(C)c2SCC)=N\1. The minimum absolute atomic E-state index is 0.0106. The van der Waals surface area contributed by atoms with E-state index in [1.54, 1.807) is 18.8 Å². The van der Waals surface area contributed by atoms with Crippen LogP contribution in [-0.4, -0.2) is 45.6 Å². The lowest BCUT2D eigenvalue weighted by Gasteiger charge is -2.18. The Labute approximate surface area is 154 Å². The standard InChI is InChI=1S/C17H20F3N5S/c1-5-26-16-13(23-14(24(16)3)11-6-7-11)15-22-10(2)8-12(17(18,19)20)9-21-25(15)4/h8-9,11H,2,5-7H2,1,3-4H3/b12-8+,21-9-,22-15-. The van der Waals surface area contributed by atoms with E-state index in [4.69, 9.17) is 4.98 Å². The van der Waals surface area contributed by atoms with E-state index in [0.29, 0.717) is 17.4 Å². The second-order valence-electron chi connectivity index (χ2n) is 6.18. The van der Waals surface area contributed by atoms with Crippen molar-refractivity contribution in [2.45, 2.75) is 36.9 Å². The number of amidine groups is 1. The molecule has 1 fully saturated rings. The fourth-order valence-electron chi connectivity index (χ4n) is 2.68. The molecule has 1 saturated carbocycles. The maximum atomic E-state index is 13.0. The van der Waals surface area contributed by atoms with Crippen LogP contribution < -0.4 is 0 Å². The summed E-state index contributed by atoms with van der Waals surface area (Å²) in [6.45, 7) is 5.69. The number of hydrogen-bond acceptors (Lipinski definition) is 5. The van der Waals surface area contributed by atoms with Crippen LogP contribution in [0.4, 0.5) is 13.2 Å². The average molecular weight is 383 g/mol. The van der Waals surface area contributed by atoms with Crippen LogP contribution >= 0.6 is 11.8 Å². The summed E-state index contributed by atoms with van der Waals surface area (Å²) in [5.41, 5.74) is -0.248. The van der Waals surface area contributed by atoms with Crippen LogP contribution in [0.2, 0.25) is 0 Å². The molecule has 0 bridgehead atoms. The number of hydrogen-bond donors (Lipinski definition) is 0. The van der Waals surface area contributed by atoms with Gasteiger partial charge < -0.3 is 4.57 Å². The number of aromatic nitrogens is 2. The Balaban J connectivity index is 2.07. The topological polar surface area (TPSA) is 45.8 Å². The molecule has 0 unspecified atom stereocenters. The summed E-state index contributed by atoms with van der Waals surface area (Å²) in [6.07, 6.45) is -0.616. The van der Waals surface area contributed by atoms with E-state index in [0.717, 1.165) is 41.7 Å². The Bertz CT molecular complexity index is 815. The maximum Gasteiger partial charge on any atom is 0.418 e. The molecule has 0 radical (unpaired) electrons. The number of hydrazone groups is 1. The molecule has 1 aromatic rings. The Hall–Kier alpha value is -2.03. The number of imidazole rings is 1. The van der Waals surface area contributed by atoms with Crippen molar-refractivity contribution >= 4 is 23.8 Å². The second-order valence-corrected chi connectivity index (χ2v) is 7.44. The Kier molecular flexibility index (Phi) is 5.01. The molecule has 5 nitrogen and oxygen atoms in total. The van der Waals surface area contributed by atoms with Crippen molar-refractivity contribution in [3.63, 3.8) is 0 Å². The van der Waals surface area contributed by atoms with E-state index < -0.39 is 11.7 Å². The first-order valence-corrected chi connectivity index (χ1v) is 9.25. The summed E-state index contributed by atoms with van der Waals surface area (Å²) in [6, 6.07) is 0. The van der Waals surface area contributed by atoms with Crippen LogP contribution in [0.25, 0.3) is 0 Å². The first-order chi connectivity index (χ1) is 12.2. The zero-order valence-electron chi connectivity index (χ0n) is 14.8. The van der Waals surface area contributed by atoms with Gasteiger partial charge in [0.1, 0.15) is 16.5 Å². The highest BCUT2D eigenvalue weighted by molar-refractivity contribution is 7.99. The van der Waals surface area contributed by atoms with Crippen molar-refractivity contribution < 1.29 is 13.2 Å². The molecule has 0 saturated heterocycles. The second kappa shape index (κ2) is 6.94. The van der Waals surface area contributed by atoms with Crippen LogP contribution in [0.1, 0.15) is 37.2 Å². The maximum absolute atomic E-state index is 13.0. The number of nitrogens with zero attached hydrogens (tertiary/aromatic N) is 5. The Morgan fingerprint density at radius 1 is 1.31 bits per heavy atom. The van der Waals surface area contributed by atoms with Gasteiger partial charge in [0.05, 0.1) is 17.5 Å². The number of allylic oxidation sites excluding steroid dienone is 2. The molecule has 3 rings (SSSR count). The van der Waals surface area contributed by atoms with Crippen LogP contribution in [0.5, 0.6) is 0 Å². The van der Waals surface area contributed by atoms with E-state index in [1.807, 2.05) is 14.0 Å². The summed E-state index contributed by atoms with van der Waals surface area (Å²) < 4.78 is 41.1. The van der Waals surface area contributed by atoms with Gasteiger partial charge in [0.15, 0.2) is 5.84 Å². The molecular formula is C17H20F3N5S. The molecule has 9 heteroatoms. The number of halogens is 3. The third-order valence-corrected chi connectivity index (χ3v) is 5.12. The van der Waals surface area contributed by atoms with Crippen LogP contribution in [-0.2, 0) is 7.05 Å². The lowest BCUT2D eigenvalue weighted by Crippen LogP contribution is -2.26. The highest BCUT2D eigenvalue weighted by Gasteiger charge is 2.35. The van der Waals surface area contributed by atoms with Crippen molar-refractivity contribution in [3.05, 3.63) is 35.4 Å². The van der Waals surface area contributed by atoms with Gasteiger partial charge in [-0.15, -0.1) is 11.8 Å². The first kappa shape index (κ1) is 18.8. The highest BCUT2D eigenvalue weighted by Crippen LogP contribution is 2.41. The van der Waals surface area contributed by atoms with Crippen LogP contribution in [0.15, 0.2) is 39.0 Å². The minimum atomic E-state index is -4.51. The van der Waals surface area contributed by atoms with Gasteiger partial charge in [-0.1, -0.05) is 13.5 Å². The molecular weight excluding hydrogens is 363 g/mol. The number of alkyl halides is 3. The molecule has 1 aliphatic heterocycles. The van der Waals surface area contributed by atoms with Gasteiger partial charge in [-0.25, -0.2) is 15.0 Å². The number of thioether (sulfide) groups is 1. The molecule has 0 N–H and O–H groups in total. The monoisotopic (exact) mass is 383 g/mol. The lowest BCUT2D eigenvalue weighted by molar-refractivity contribution is -0.0857. The Morgan fingerprint density at radius 2 is 2.00 bits per heavy atom. The smallest absolute Gasteiger partial charge is 0.325 e. The lowest BCUT2D eigenvalue weighted by atomic mass is 10.2. The van der Waals surface area contributed by atoms with Gasteiger partial charge in [0, 0.05) is 20.0 Å². The predicted octanol–water partition coefficient (Wildman–Crippen LogP) is 4.09. The van der Waals surface area contributed by atoms with Crippen LogP contribution in [0.3, 0.4) is 0 Å². The normalized spacial score (nSPS) is 23.8. The summed E-state index contributed by atoms with van der Waals surface area (Å²) in [4.78, 5) is 9.05. The van der Waals surface area contributed by atoms with E-state index in [9.17, 15) is 13.2 Å². The summed E-state index contributed by atoms with van der Waals surface area (Å²) in [5.74, 6) is 2.65. The van der Waals surface area contributed by atoms with Gasteiger partial charge in [-0.2, -0.15) is 18.3 Å². The first-order valence-electron chi connectivity index (χ1n) is 8.26. The van der Waals surface area contributed by atoms with Crippen molar-refractivity contribution in [1.82, 2.24) is 14.6 Å². The van der Waals surface area contributed by atoms with Crippen molar-refractivity contribution in [1.29, 1.82) is 0 Å². The molecule has 0 amide bonds. The van der Waals surface area contributed by atoms with E-state index in [1.165, 1.54) is 5.01 Å². The van der Waals surface area contributed by atoms with Crippen molar-refractivity contribution in [2.24, 2.45) is 17.1 Å². The molecule has 0 aromatic carbocycles. The number of rotatable bonds is 4. The molecule has 0 spiro atoms. The zero-order valence-corrected chi connectivity index (χ0v) is 15.7. The van der Waals surface area contributed by atoms with Gasteiger partial charge in [0.2, 0.25) is 0 Å². The quantitative estimate of drug-likeness (QED) is 0.736. The van der Waals surface area contributed by atoms with E-state index >= 15 is 0 Å². The van der Waals surface area contributed by atoms with Gasteiger partial charge >= 0.3 is 6.18 Å². The molecule has 0 atom stereocenters. The van der Waals surface area contributed by atoms with Crippen molar-refractivity contribution in [2.75, 3.05) is 12.8 Å². The molecule has 26 heavy (non-hydrogen) atoms. The molecule has 2 aliphatic rings. The molecule has 1 aromatic heterocycles. The summed E-state index contributed by atoms with van der Waals surface area (Å²) in [5, 5.41) is 6.17. The Morgan fingerprint density at radius 3 is 2.58 bits per heavy atom. The minimum Gasteiger partial charge on any atom is -0.325 e. The summed E-state index contributed by atoms with van der Waals surface area (Å²) in [7, 11) is 3.53. The van der Waals surface area contributed by atoms with Crippen LogP contribution in [0, 0.1) is 0 Å². The van der Waals surface area contributed by atoms with Gasteiger partial charge in [-0.3, -0.25) is 0 Å². The van der Waals surface area contributed by atoms with E-state index in [-0.39, 0.29) is 5.70 Å². The highest BCUT2D eigenvalue weighted by atomic mass is 32.2. The largest absolute Gasteiger partial charge is 0.418 e. The molecule has 1 aliphatic carbocycles. The average Bonchev–Trinajstić information content (AvgIpc) is 3.33. The van der Waals surface area contributed by atoms with Gasteiger partial charge in [0.25, 0.3) is 0 Å². The molecule has 140 valence electrons.